The van der Waals surface area contributed by atoms with Gasteiger partial charge in [-0.3, -0.25) is 4.90 Å². The Bertz CT molecular complexity index is 233. The lowest BCUT2D eigenvalue weighted by molar-refractivity contribution is -0.0993. The van der Waals surface area contributed by atoms with Crippen molar-refractivity contribution in [2.24, 2.45) is 0 Å². The van der Waals surface area contributed by atoms with Gasteiger partial charge in [0, 0.05) is 17.7 Å². The topological polar surface area (TPSA) is 21.7 Å². The fourth-order valence-electron chi connectivity index (χ4n) is 2.92. The first kappa shape index (κ1) is 15.9. The number of likely N-dealkylation sites (tertiary alicyclic amines) is 1. The molecule has 18 heavy (non-hydrogen) atoms. The predicted octanol–water partition coefficient (Wildman–Crippen LogP) is 3.08. The van der Waals surface area contributed by atoms with Gasteiger partial charge in [-0.2, -0.15) is 0 Å². The molecule has 0 aromatic heterocycles. The maximum absolute atomic E-state index is 6.00. The molecular formula is C15H31NO2. The van der Waals surface area contributed by atoms with Gasteiger partial charge in [0.15, 0.2) is 0 Å². The van der Waals surface area contributed by atoms with E-state index in [1.165, 1.54) is 0 Å². The smallest absolute Gasteiger partial charge is 0.0704 e. The van der Waals surface area contributed by atoms with Crippen LogP contribution in [0.15, 0.2) is 0 Å². The van der Waals surface area contributed by atoms with Gasteiger partial charge in [-0.25, -0.2) is 0 Å². The molecule has 0 spiro atoms. The molecule has 0 aromatic carbocycles. The lowest BCUT2D eigenvalue weighted by Crippen LogP contribution is -2.60. The van der Waals surface area contributed by atoms with E-state index in [9.17, 15) is 0 Å². The molecule has 1 saturated heterocycles. The van der Waals surface area contributed by atoms with Crippen LogP contribution >= 0.6 is 0 Å². The van der Waals surface area contributed by atoms with Gasteiger partial charge in [0.05, 0.1) is 19.3 Å². The molecule has 0 amide bonds. The Morgan fingerprint density at radius 3 is 2.06 bits per heavy atom. The van der Waals surface area contributed by atoms with Gasteiger partial charge in [0.1, 0.15) is 0 Å². The van der Waals surface area contributed by atoms with Crippen LogP contribution in [-0.4, -0.2) is 49.0 Å². The molecule has 0 atom stereocenters. The van der Waals surface area contributed by atoms with Gasteiger partial charge < -0.3 is 9.47 Å². The Morgan fingerprint density at radius 1 is 1.00 bits per heavy atom. The molecule has 1 fully saturated rings. The summed E-state index contributed by atoms with van der Waals surface area (Å²) in [7, 11) is 2.22. The highest BCUT2D eigenvalue weighted by Crippen LogP contribution is 2.37. The van der Waals surface area contributed by atoms with Crippen LogP contribution in [0, 0.1) is 0 Å². The molecule has 0 aromatic rings. The molecule has 0 saturated carbocycles. The molecule has 0 radical (unpaired) electrons. The van der Waals surface area contributed by atoms with E-state index in [-0.39, 0.29) is 11.1 Å². The average Bonchev–Trinajstić information content (AvgIpc) is 2.25. The van der Waals surface area contributed by atoms with Gasteiger partial charge >= 0.3 is 0 Å². The zero-order valence-corrected chi connectivity index (χ0v) is 13.1. The molecule has 0 unspecified atom stereocenters. The van der Waals surface area contributed by atoms with Crippen LogP contribution in [0.2, 0.25) is 0 Å². The Labute approximate surface area is 113 Å². The van der Waals surface area contributed by atoms with Gasteiger partial charge in [-0.15, -0.1) is 0 Å². The van der Waals surface area contributed by atoms with Crippen LogP contribution < -0.4 is 0 Å². The predicted molar refractivity (Wildman–Crippen MR) is 76.0 cm³/mol. The van der Waals surface area contributed by atoms with E-state index in [2.05, 4.69) is 46.6 Å². The first-order chi connectivity index (χ1) is 8.29. The summed E-state index contributed by atoms with van der Waals surface area (Å²) in [5.74, 6) is 0. The number of nitrogens with zero attached hydrogens (tertiary/aromatic N) is 1. The fourth-order valence-corrected chi connectivity index (χ4v) is 2.92. The molecular weight excluding hydrogens is 226 g/mol. The Kier molecular flexibility index (Phi) is 5.63. The second kappa shape index (κ2) is 6.36. The maximum Gasteiger partial charge on any atom is 0.0704 e. The van der Waals surface area contributed by atoms with E-state index >= 15 is 0 Å². The van der Waals surface area contributed by atoms with Crippen molar-refractivity contribution < 1.29 is 9.47 Å². The number of hydrogen-bond donors (Lipinski definition) is 0. The third-order valence-corrected chi connectivity index (χ3v) is 4.20. The zero-order chi connectivity index (χ0) is 13.8. The first-order valence-electron chi connectivity index (χ1n) is 7.23. The summed E-state index contributed by atoms with van der Waals surface area (Å²) < 4.78 is 11.5. The minimum Gasteiger partial charge on any atom is -0.379 e. The van der Waals surface area contributed by atoms with Gasteiger partial charge in [0.2, 0.25) is 0 Å². The normalized spacial score (nSPS) is 24.3. The molecule has 1 heterocycles. The molecule has 1 aliphatic heterocycles. The summed E-state index contributed by atoms with van der Waals surface area (Å²) in [5.41, 5.74) is 0.410. The first-order valence-corrected chi connectivity index (χ1v) is 7.23. The Morgan fingerprint density at radius 2 is 1.56 bits per heavy atom. The largest absolute Gasteiger partial charge is 0.379 e. The van der Waals surface area contributed by atoms with Crippen molar-refractivity contribution in [3.8, 4) is 0 Å². The summed E-state index contributed by atoms with van der Waals surface area (Å²) in [4.78, 5) is 2.48. The molecule has 1 aliphatic rings. The van der Waals surface area contributed by atoms with Crippen molar-refractivity contribution in [3.05, 3.63) is 0 Å². The summed E-state index contributed by atoms with van der Waals surface area (Å²) >= 11 is 0. The second-order valence-corrected chi connectivity index (χ2v) is 6.70. The number of hydrogen-bond acceptors (Lipinski definition) is 3. The monoisotopic (exact) mass is 257 g/mol. The lowest BCUT2D eigenvalue weighted by atomic mass is 9.79. The van der Waals surface area contributed by atoms with Crippen LogP contribution in [0.25, 0.3) is 0 Å². The highest BCUT2D eigenvalue weighted by molar-refractivity contribution is 4.98. The third kappa shape index (κ3) is 4.22. The van der Waals surface area contributed by atoms with Crippen LogP contribution in [0.1, 0.15) is 53.9 Å². The molecule has 3 heteroatoms. The summed E-state index contributed by atoms with van der Waals surface area (Å²) in [6.07, 6.45) is 3.63. The molecule has 0 bridgehead atoms. The third-order valence-electron chi connectivity index (χ3n) is 4.20. The highest BCUT2D eigenvalue weighted by atomic mass is 16.5. The molecule has 0 aliphatic carbocycles. The Hall–Kier alpha value is -0.120. The summed E-state index contributed by atoms with van der Waals surface area (Å²) in [5, 5.41) is 0. The van der Waals surface area contributed by atoms with E-state index in [0.717, 1.165) is 39.1 Å². The van der Waals surface area contributed by atoms with Crippen LogP contribution in [-0.2, 0) is 9.47 Å². The number of piperidine rings is 1. The Balaban J connectivity index is 2.39. The SMILES string of the molecule is CCCOCCOC1CC(C)(C)N(C)C(C)(C)C1. The zero-order valence-electron chi connectivity index (χ0n) is 13.1. The minimum atomic E-state index is 0.205. The van der Waals surface area contributed by atoms with Crippen molar-refractivity contribution >= 4 is 0 Å². The minimum absolute atomic E-state index is 0.205. The van der Waals surface area contributed by atoms with Gasteiger partial charge in [-0.1, -0.05) is 6.92 Å². The van der Waals surface area contributed by atoms with Crippen LogP contribution in [0.5, 0.6) is 0 Å². The van der Waals surface area contributed by atoms with Crippen molar-refractivity contribution in [1.29, 1.82) is 0 Å². The van der Waals surface area contributed by atoms with Crippen molar-refractivity contribution in [2.45, 2.75) is 71.1 Å². The average molecular weight is 257 g/mol. The van der Waals surface area contributed by atoms with E-state index in [1.54, 1.807) is 0 Å². The van der Waals surface area contributed by atoms with Gasteiger partial charge in [0.25, 0.3) is 0 Å². The van der Waals surface area contributed by atoms with E-state index in [0.29, 0.717) is 6.10 Å². The number of rotatable bonds is 6. The van der Waals surface area contributed by atoms with Crippen LogP contribution in [0.3, 0.4) is 0 Å². The van der Waals surface area contributed by atoms with E-state index < -0.39 is 0 Å². The lowest BCUT2D eigenvalue weighted by Gasteiger charge is -2.53. The van der Waals surface area contributed by atoms with Crippen LogP contribution in [0.4, 0.5) is 0 Å². The van der Waals surface area contributed by atoms with E-state index in [1.807, 2.05) is 0 Å². The maximum atomic E-state index is 6.00. The summed E-state index contributed by atoms with van der Waals surface area (Å²) in [6, 6.07) is 0. The fraction of sp³-hybridized carbons (Fsp3) is 1.00. The van der Waals surface area contributed by atoms with Gasteiger partial charge in [-0.05, 0) is 54.0 Å². The molecule has 108 valence electrons. The highest BCUT2D eigenvalue weighted by Gasteiger charge is 2.43. The van der Waals surface area contributed by atoms with Crippen molar-refractivity contribution in [1.82, 2.24) is 4.90 Å². The summed E-state index contributed by atoms with van der Waals surface area (Å²) in [6.45, 7) is 13.6. The second-order valence-electron chi connectivity index (χ2n) is 6.70. The molecule has 0 N–H and O–H groups in total. The number of ether oxygens (including phenoxy) is 2. The standard InChI is InChI=1S/C15H31NO2/c1-7-8-17-9-10-18-13-11-14(2,3)16(6)15(4,5)12-13/h13H,7-12H2,1-6H3. The van der Waals surface area contributed by atoms with E-state index in [4.69, 9.17) is 9.47 Å². The van der Waals surface area contributed by atoms with Crippen molar-refractivity contribution in [2.75, 3.05) is 26.9 Å². The molecule has 3 nitrogen and oxygen atoms in total. The van der Waals surface area contributed by atoms with Crippen molar-refractivity contribution in [3.63, 3.8) is 0 Å². The molecule has 1 rings (SSSR count). The quantitative estimate of drug-likeness (QED) is 0.683.